The maximum atomic E-state index is 12.2. The van der Waals surface area contributed by atoms with Crippen LogP contribution >= 0.6 is 0 Å². The van der Waals surface area contributed by atoms with Gasteiger partial charge in [-0.3, -0.25) is 9.48 Å². The fourth-order valence-corrected chi connectivity index (χ4v) is 2.92. The van der Waals surface area contributed by atoms with E-state index in [0.29, 0.717) is 25.3 Å². The predicted octanol–water partition coefficient (Wildman–Crippen LogP) is 2.52. The van der Waals surface area contributed by atoms with E-state index in [9.17, 15) is 4.79 Å². The molecule has 6 heteroatoms. The first-order valence-electron chi connectivity index (χ1n) is 8.47. The number of hydrogen-bond acceptors (Lipinski definition) is 4. The molecule has 1 aliphatic heterocycles. The molecule has 1 aliphatic rings. The number of carbonyl (C=O) groups is 1. The largest absolute Gasteiger partial charge is 0.454 e. The summed E-state index contributed by atoms with van der Waals surface area (Å²) in [6.45, 7) is 1.45. The monoisotopic (exact) mass is 349 g/mol. The molecule has 0 aliphatic carbocycles. The average Bonchev–Trinajstić information content (AvgIpc) is 3.31. The molecule has 0 radical (unpaired) electrons. The molecule has 0 spiro atoms. The summed E-state index contributed by atoms with van der Waals surface area (Å²) >= 11 is 0. The Morgan fingerprint density at radius 1 is 1.04 bits per heavy atom. The maximum absolute atomic E-state index is 12.2. The molecule has 2 heterocycles. The topological polar surface area (TPSA) is 65.4 Å². The van der Waals surface area contributed by atoms with Crippen LogP contribution in [0.1, 0.15) is 16.7 Å². The molecule has 0 saturated carbocycles. The Kier molecular flexibility index (Phi) is 4.55. The Hall–Kier alpha value is -3.28. The van der Waals surface area contributed by atoms with Gasteiger partial charge >= 0.3 is 0 Å². The summed E-state index contributed by atoms with van der Waals surface area (Å²) in [5, 5.41) is 7.18. The lowest BCUT2D eigenvalue weighted by atomic mass is 10.1. The van der Waals surface area contributed by atoms with Gasteiger partial charge in [0.15, 0.2) is 11.5 Å². The third kappa shape index (κ3) is 3.85. The summed E-state index contributed by atoms with van der Waals surface area (Å²) in [6, 6.07) is 15.6. The molecular formula is C20H19N3O3. The van der Waals surface area contributed by atoms with Gasteiger partial charge in [0.05, 0.1) is 13.0 Å². The molecule has 0 atom stereocenters. The number of rotatable bonds is 6. The molecule has 0 unspecified atom stereocenters. The van der Waals surface area contributed by atoms with Crippen LogP contribution in [-0.4, -0.2) is 22.5 Å². The molecular weight excluding hydrogens is 330 g/mol. The minimum Gasteiger partial charge on any atom is -0.454 e. The van der Waals surface area contributed by atoms with Crippen molar-refractivity contribution in [2.24, 2.45) is 0 Å². The van der Waals surface area contributed by atoms with Crippen molar-refractivity contribution in [3.8, 4) is 11.5 Å². The zero-order valence-electron chi connectivity index (χ0n) is 14.2. The highest BCUT2D eigenvalue weighted by atomic mass is 16.7. The van der Waals surface area contributed by atoms with Crippen LogP contribution in [0, 0.1) is 0 Å². The minimum atomic E-state index is -0.0265. The average molecular weight is 349 g/mol. The number of aromatic nitrogens is 2. The van der Waals surface area contributed by atoms with Crippen LogP contribution in [0.3, 0.4) is 0 Å². The van der Waals surface area contributed by atoms with Crippen molar-refractivity contribution < 1.29 is 14.3 Å². The van der Waals surface area contributed by atoms with Gasteiger partial charge in [-0.15, -0.1) is 0 Å². The summed E-state index contributed by atoms with van der Waals surface area (Å²) in [5.41, 5.74) is 3.11. The quantitative estimate of drug-likeness (QED) is 0.743. The zero-order valence-corrected chi connectivity index (χ0v) is 14.2. The van der Waals surface area contributed by atoms with Crippen LogP contribution in [0.2, 0.25) is 0 Å². The second-order valence-corrected chi connectivity index (χ2v) is 6.16. The number of ether oxygens (including phenoxy) is 2. The van der Waals surface area contributed by atoms with Crippen LogP contribution < -0.4 is 14.8 Å². The van der Waals surface area contributed by atoms with E-state index < -0.39 is 0 Å². The lowest BCUT2D eigenvalue weighted by Gasteiger charge is -2.08. The lowest BCUT2D eigenvalue weighted by Crippen LogP contribution is -2.24. The van der Waals surface area contributed by atoms with Gasteiger partial charge in [0.1, 0.15) is 0 Å². The van der Waals surface area contributed by atoms with E-state index in [1.165, 1.54) is 0 Å². The highest BCUT2D eigenvalue weighted by Crippen LogP contribution is 2.32. The van der Waals surface area contributed by atoms with Crippen LogP contribution in [0.5, 0.6) is 11.5 Å². The molecule has 4 rings (SSSR count). The summed E-state index contributed by atoms with van der Waals surface area (Å²) in [6.07, 6.45) is 4.00. The molecule has 0 bridgehead atoms. The van der Waals surface area contributed by atoms with Gasteiger partial charge in [-0.05, 0) is 34.9 Å². The number of nitrogens with one attached hydrogen (secondary N) is 1. The number of fused-ring (bicyclic) bond motifs is 1. The van der Waals surface area contributed by atoms with Gasteiger partial charge in [-0.25, -0.2) is 0 Å². The number of carbonyl (C=O) groups excluding carboxylic acids is 1. The van der Waals surface area contributed by atoms with Gasteiger partial charge in [0.25, 0.3) is 0 Å². The first-order chi connectivity index (χ1) is 12.8. The van der Waals surface area contributed by atoms with Crippen molar-refractivity contribution in [3.63, 3.8) is 0 Å². The van der Waals surface area contributed by atoms with Crippen molar-refractivity contribution in [1.29, 1.82) is 0 Å². The van der Waals surface area contributed by atoms with E-state index in [4.69, 9.17) is 9.47 Å². The van der Waals surface area contributed by atoms with Crippen LogP contribution in [-0.2, 0) is 24.3 Å². The normalized spacial score (nSPS) is 12.2. The zero-order chi connectivity index (χ0) is 17.8. The van der Waals surface area contributed by atoms with E-state index in [1.54, 1.807) is 6.20 Å². The second kappa shape index (κ2) is 7.31. The van der Waals surface area contributed by atoms with Gasteiger partial charge in [-0.1, -0.05) is 30.3 Å². The molecule has 6 nitrogen and oxygen atoms in total. The number of nitrogens with zero attached hydrogens (tertiary/aromatic N) is 2. The molecule has 26 heavy (non-hydrogen) atoms. The molecule has 1 N–H and O–H groups in total. The smallest absolute Gasteiger partial charge is 0.231 e. The summed E-state index contributed by atoms with van der Waals surface area (Å²) < 4.78 is 12.5. The van der Waals surface area contributed by atoms with E-state index in [-0.39, 0.29) is 12.7 Å². The Morgan fingerprint density at radius 3 is 2.81 bits per heavy atom. The van der Waals surface area contributed by atoms with E-state index >= 15 is 0 Å². The third-order valence-electron chi connectivity index (χ3n) is 4.19. The number of hydrogen-bond donors (Lipinski definition) is 1. The fourth-order valence-electron chi connectivity index (χ4n) is 2.92. The first-order valence-corrected chi connectivity index (χ1v) is 8.47. The van der Waals surface area contributed by atoms with E-state index in [2.05, 4.69) is 22.5 Å². The Labute approximate surface area is 151 Å². The van der Waals surface area contributed by atoms with Crippen LogP contribution in [0.4, 0.5) is 0 Å². The van der Waals surface area contributed by atoms with Crippen molar-refractivity contribution >= 4 is 5.91 Å². The van der Waals surface area contributed by atoms with Crippen molar-refractivity contribution in [1.82, 2.24) is 15.1 Å². The van der Waals surface area contributed by atoms with Crippen molar-refractivity contribution in [3.05, 3.63) is 77.6 Å². The molecule has 1 aromatic heterocycles. The molecule has 1 amide bonds. The Balaban J connectivity index is 1.33. The van der Waals surface area contributed by atoms with Gasteiger partial charge in [-0.2, -0.15) is 5.10 Å². The first kappa shape index (κ1) is 16.2. The second-order valence-electron chi connectivity index (χ2n) is 6.16. The van der Waals surface area contributed by atoms with Crippen LogP contribution in [0.15, 0.2) is 60.9 Å². The minimum absolute atomic E-state index is 0.0265. The summed E-state index contributed by atoms with van der Waals surface area (Å²) in [4.78, 5) is 12.2. The molecule has 2 aromatic carbocycles. The van der Waals surface area contributed by atoms with Gasteiger partial charge in [0.2, 0.25) is 12.7 Å². The van der Waals surface area contributed by atoms with Gasteiger partial charge in [0, 0.05) is 18.9 Å². The Bertz CT molecular complexity index is 906. The lowest BCUT2D eigenvalue weighted by molar-refractivity contribution is -0.120. The molecule has 3 aromatic rings. The van der Waals surface area contributed by atoms with Gasteiger partial charge < -0.3 is 14.8 Å². The summed E-state index contributed by atoms with van der Waals surface area (Å²) in [5.74, 6) is 1.39. The number of amides is 1. The predicted molar refractivity (Wildman–Crippen MR) is 95.9 cm³/mol. The van der Waals surface area contributed by atoms with E-state index in [0.717, 1.165) is 22.4 Å². The van der Waals surface area contributed by atoms with Crippen molar-refractivity contribution in [2.45, 2.75) is 19.5 Å². The standard InChI is InChI=1S/C20H19N3O3/c24-20(11-15-5-6-18-19(10-15)26-14-25-18)21-12-16-3-1-4-17(9-16)13-23-8-2-7-22-23/h1-10H,11-14H2,(H,21,24). The summed E-state index contributed by atoms with van der Waals surface area (Å²) in [7, 11) is 0. The maximum Gasteiger partial charge on any atom is 0.231 e. The molecule has 132 valence electrons. The highest BCUT2D eigenvalue weighted by Gasteiger charge is 2.14. The highest BCUT2D eigenvalue weighted by molar-refractivity contribution is 5.78. The third-order valence-corrected chi connectivity index (χ3v) is 4.19. The Morgan fingerprint density at radius 2 is 1.92 bits per heavy atom. The van der Waals surface area contributed by atoms with Crippen molar-refractivity contribution in [2.75, 3.05) is 6.79 Å². The SMILES string of the molecule is O=C(Cc1ccc2c(c1)OCO2)NCc1cccc(Cn2cccn2)c1. The molecule has 0 saturated heterocycles. The molecule has 0 fully saturated rings. The van der Waals surface area contributed by atoms with Crippen LogP contribution in [0.25, 0.3) is 0 Å². The van der Waals surface area contributed by atoms with E-state index in [1.807, 2.05) is 47.3 Å². The number of benzene rings is 2. The fraction of sp³-hybridized carbons (Fsp3) is 0.200.